The van der Waals surface area contributed by atoms with Gasteiger partial charge in [-0.25, -0.2) is 4.79 Å². The SMILES string of the molecule is COc1cc(C(N)=O)cc(C2CCN(C(=O)OC(C)(C)C)CC2)c1. The summed E-state index contributed by atoms with van der Waals surface area (Å²) < 4.78 is 10.7. The fourth-order valence-electron chi connectivity index (χ4n) is 2.84. The maximum absolute atomic E-state index is 12.1. The van der Waals surface area contributed by atoms with Crippen molar-refractivity contribution in [2.24, 2.45) is 5.73 Å². The molecule has 0 radical (unpaired) electrons. The predicted octanol–water partition coefficient (Wildman–Crippen LogP) is 2.91. The number of carbonyl (C=O) groups is 2. The molecule has 1 heterocycles. The minimum absolute atomic E-state index is 0.261. The highest BCUT2D eigenvalue weighted by Gasteiger charge is 2.28. The monoisotopic (exact) mass is 334 g/mol. The van der Waals surface area contributed by atoms with E-state index in [9.17, 15) is 9.59 Å². The third-order valence-electron chi connectivity index (χ3n) is 4.07. The summed E-state index contributed by atoms with van der Waals surface area (Å²) in [6, 6.07) is 5.39. The van der Waals surface area contributed by atoms with E-state index in [1.165, 1.54) is 0 Å². The molecule has 0 bridgehead atoms. The highest BCUT2D eigenvalue weighted by atomic mass is 16.6. The first-order valence-corrected chi connectivity index (χ1v) is 8.16. The van der Waals surface area contributed by atoms with E-state index < -0.39 is 11.5 Å². The molecular formula is C18H26N2O4. The molecule has 1 aliphatic rings. The van der Waals surface area contributed by atoms with Gasteiger partial charge in [0.1, 0.15) is 11.4 Å². The molecule has 6 nitrogen and oxygen atoms in total. The molecule has 24 heavy (non-hydrogen) atoms. The molecule has 2 rings (SSSR count). The van der Waals surface area contributed by atoms with Crippen LogP contribution in [0, 0.1) is 0 Å². The molecule has 2 N–H and O–H groups in total. The first-order valence-electron chi connectivity index (χ1n) is 8.16. The minimum Gasteiger partial charge on any atom is -0.497 e. The number of benzene rings is 1. The third-order valence-corrected chi connectivity index (χ3v) is 4.07. The molecule has 0 aliphatic carbocycles. The number of rotatable bonds is 3. The van der Waals surface area contributed by atoms with E-state index >= 15 is 0 Å². The van der Waals surface area contributed by atoms with Crippen molar-refractivity contribution in [3.05, 3.63) is 29.3 Å². The second-order valence-corrected chi connectivity index (χ2v) is 7.10. The van der Waals surface area contributed by atoms with Crippen molar-refractivity contribution < 1.29 is 19.1 Å². The summed E-state index contributed by atoms with van der Waals surface area (Å²) in [5.74, 6) is 0.411. The summed E-state index contributed by atoms with van der Waals surface area (Å²) in [6.45, 7) is 6.84. The number of methoxy groups -OCH3 is 1. The maximum Gasteiger partial charge on any atom is 0.410 e. The second-order valence-electron chi connectivity index (χ2n) is 7.10. The van der Waals surface area contributed by atoms with Crippen LogP contribution in [0.5, 0.6) is 5.75 Å². The van der Waals surface area contributed by atoms with Gasteiger partial charge in [-0.05, 0) is 63.3 Å². The van der Waals surface area contributed by atoms with Crippen LogP contribution in [0.1, 0.15) is 55.5 Å². The van der Waals surface area contributed by atoms with Crippen LogP contribution in [0.4, 0.5) is 4.79 Å². The van der Waals surface area contributed by atoms with Crippen LogP contribution >= 0.6 is 0 Å². The average Bonchev–Trinajstić information content (AvgIpc) is 2.52. The lowest BCUT2D eigenvalue weighted by atomic mass is 9.88. The van der Waals surface area contributed by atoms with Gasteiger partial charge in [0.05, 0.1) is 7.11 Å². The Labute approximate surface area is 142 Å². The van der Waals surface area contributed by atoms with Crippen LogP contribution in [0.2, 0.25) is 0 Å². The number of nitrogens with two attached hydrogens (primary N) is 1. The van der Waals surface area contributed by atoms with E-state index in [1.54, 1.807) is 18.1 Å². The van der Waals surface area contributed by atoms with Crippen molar-refractivity contribution in [1.29, 1.82) is 0 Å². The van der Waals surface area contributed by atoms with Crippen LogP contribution in [-0.4, -0.2) is 42.7 Å². The molecular weight excluding hydrogens is 308 g/mol. The van der Waals surface area contributed by atoms with Gasteiger partial charge in [-0.15, -0.1) is 0 Å². The number of amides is 2. The zero-order valence-corrected chi connectivity index (χ0v) is 14.8. The van der Waals surface area contributed by atoms with Crippen molar-refractivity contribution >= 4 is 12.0 Å². The van der Waals surface area contributed by atoms with Gasteiger partial charge >= 0.3 is 6.09 Å². The summed E-state index contributed by atoms with van der Waals surface area (Å²) in [5.41, 5.74) is 6.37. The standard InChI is InChI=1S/C18H26N2O4/c1-18(2,3)24-17(22)20-7-5-12(6-8-20)13-9-14(16(19)21)11-15(10-13)23-4/h9-12H,5-8H2,1-4H3,(H2,19,21). The third kappa shape index (κ3) is 4.63. The molecule has 6 heteroatoms. The van der Waals surface area contributed by atoms with Crippen LogP contribution in [0.15, 0.2) is 18.2 Å². The number of carbonyl (C=O) groups excluding carboxylic acids is 2. The van der Waals surface area contributed by atoms with Crippen molar-refractivity contribution in [2.75, 3.05) is 20.2 Å². The van der Waals surface area contributed by atoms with Gasteiger partial charge in [-0.1, -0.05) is 0 Å². The maximum atomic E-state index is 12.1. The van der Waals surface area contributed by atoms with E-state index in [4.69, 9.17) is 15.2 Å². The zero-order chi connectivity index (χ0) is 17.9. The Morgan fingerprint density at radius 3 is 2.29 bits per heavy atom. The van der Waals surface area contributed by atoms with E-state index in [1.807, 2.05) is 32.9 Å². The smallest absolute Gasteiger partial charge is 0.410 e. The molecule has 1 saturated heterocycles. The van der Waals surface area contributed by atoms with E-state index in [0.29, 0.717) is 24.4 Å². The number of hydrogen-bond donors (Lipinski definition) is 1. The van der Waals surface area contributed by atoms with Crippen LogP contribution in [0.3, 0.4) is 0 Å². The number of hydrogen-bond acceptors (Lipinski definition) is 4. The second kappa shape index (κ2) is 7.11. The number of piperidine rings is 1. The first kappa shape index (κ1) is 18.1. The highest BCUT2D eigenvalue weighted by molar-refractivity contribution is 5.93. The fourth-order valence-corrected chi connectivity index (χ4v) is 2.84. The average molecular weight is 334 g/mol. The Kier molecular flexibility index (Phi) is 5.36. The lowest BCUT2D eigenvalue weighted by molar-refractivity contribution is 0.0204. The van der Waals surface area contributed by atoms with Crippen molar-refractivity contribution in [3.8, 4) is 5.75 Å². The normalized spacial score (nSPS) is 15.9. The zero-order valence-electron chi connectivity index (χ0n) is 14.8. The number of nitrogens with zero attached hydrogens (tertiary/aromatic N) is 1. The first-order chi connectivity index (χ1) is 11.2. The molecule has 1 fully saturated rings. The predicted molar refractivity (Wildman–Crippen MR) is 91.3 cm³/mol. The largest absolute Gasteiger partial charge is 0.497 e. The van der Waals surface area contributed by atoms with Crippen molar-refractivity contribution in [2.45, 2.75) is 45.1 Å². The van der Waals surface area contributed by atoms with Gasteiger partial charge in [-0.2, -0.15) is 0 Å². The number of ether oxygens (including phenoxy) is 2. The molecule has 0 unspecified atom stereocenters. The molecule has 1 aromatic rings. The van der Waals surface area contributed by atoms with Crippen LogP contribution < -0.4 is 10.5 Å². The quantitative estimate of drug-likeness (QED) is 0.921. The van der Waals surface area contributed by atoms with Crippen molar-refractivity contribution in [1.82, 2.24) is 4.90 Å². The molecule has 0 atom stereocenters. The van der Waals surface area contributed by atoms with Crippen LogP contribution in [0.25, 0.3) is 0 Å². The Morgan fingerprint density at radius 2 is 1.79 bits per heavy atom. The van der Waals surface area contributed by atoms with Gasteiger partial charge in [0, 0.05) is 18.7 Å². The fraction of sp³-hybridized carbons (Fsp3) is 0.556. The van der Waals surface area contributed by atoms with E-state index in [0.717, 1.165) is 18.4 Å². The van der Waals surface area contributed by atoms with E-state index in [2.05, 4.69) is 0 Å². The van der Waals surface area contributed by atoms with Crippen LogP contribution in [-0.2, 0) is 4.74 Å². The molecule has 0 spiro atoms. The highest BCUT2D eigenvalue weighted by Crippen LogP contribution is 2.31. The van der Waals surface area contributed by atoms with Gasteiger partial charge < -0.3 is 20.1 Å². The Bertz CT molecular complexity index is 614. The van der Waals surface area contributed by atoms with Crippen molar-refractivity contribution in [3.63, 3.8) is 0 Å². The molecule has 0 aromatic heterocycles. The van der Waals surface area contributed by atoms with Gasteiger partial charge in [-0.3, -0.25) is 4.79 Å². The Hall–Kier alpha value is -2.24. The Balaban J connectivity index is 2.05. The topological polar surface area (TPSA) is 81.9 Å². The van der Waals surface area contributed by atoms with Gasteiger partial charge in [0.2, 0.25) is 5.91 Å². The summed E-state index contributed by atoms with van der Waals surface area (Å²) in [4.78, 5) is 25.3. The molecule has 132 valence electrons. The minimum atomic E-state index is -0.489. The molecule has 0 saturated carbocycles. The Morgan fingerprint density at radius 1 is 1.17 bits per heavy atom. The molecule has 2 amide bonds. The molecule has 1 aromatic carbocycles. The van der Waals surface area contributed by atoms with E-state index in [-0.39, 0.29) is 12.0 Å². The number of likely N-dealkylation sites (tertiary alicyclic amines) is 1. The molecule has 1 aliphatic heterocycles. The lowest BCUT2D eigenvalue weighted by Gasteiger charge is -2.33. The summed E-state index contributed by atoms with van der Waals surface area (Å²) in [5, 5.41) is 0. The summed E-state index contributed by atoms with van der Waals surface area (Å²) >= 11 is 0. The lowest BCUT2D eigenvalue weighted by Crippen LogP contribution is -2.41. The van der Waals surface area contributed by atoms with Gasteiger partial charge in [0.25, 0.3) is 0 Å². The summed E-state index contributed by atoms with van der Waals surface area (Å²) in [6.07, 6.45) is 1.35. The summed E-state index contributed by atoms with van der Waals surface area (Å²) in [7, 11) is 1.56. The van der Waals surface area contributed by atoms with Gasteiger partial charge in [0.15, 0.2) is 0 Å². The number of primary amides is 1.